The summed E-state index contributed by atoms with van der Waals surface area (Å²) in [5.74, 6) is 0.126. The zero-order valence-electron chi connectivity index (χ0n) is 16.1. The van der Waals surface area contributed by atoms with E-state index in [9.17, 15) is 10.1 Å². The molecule has 4 aromatic rings. The molecule has 0 fully saturated rings. The number of nitro groups is 1. The Labute approximate surface area is 173 Å². The van der Waals surface area contributed by atoms with Crippen molar-refractivity contribution >= 4 is 27.8 Å². The minimum absolute atomic E-state index is 0.0697. The molecule has 0 aromatic heterocycles. The lowest BCUT2D eigenvalue weighted by atomic mass is 9.77. The van der Waals surface area contributed by atoms with Crippen LogP contribution in [0.1, 0.15) is 34.7 Å². The number of nitro benzene ring substituents is 1. The number of para-hydroxylation sites is 1. The van der Waals surface area contributed by atoms with Gasteiger partial charge in [0.05, 0.1) is 17.0 Å². The standard InChI is InChI=1S/C25H19N3O2/c29-28(30)17-8-5-7-16(14-17)24-23-19-10-3-4-11-20(19)26-25(23)22-18-9-2-1-6-15(18)12-13-21(22)27-24/h1-14,23-27H/t23-,24-,25+/m1/s1. The van der Waals surface area contributed by atoms with Gasteiger partial charge in [-0.3, -0.25) is 10.1 Å². The molecule has 0 amide bonds. The van der Waals surface area contributed by atoms with Crippen molar-refractivity contribution in [3.8, 4) is 0 Å². The second kappa shape index (κ2) is 6.32. The number of anilines is 2. The van der Waals surface area contributed by atoms with Gasteiger partial charge in [0.1, 0.15) is 0 Å². The van der Waals surface area contributed by atoms with E-state index in [4.69, 9.17) is 0 Å². The normalized spacial score (nSPS) is 21.1. The van der Waals surface area contributed by atoms with Crippen LogP contribution in [0, 0.1) is 10.1 Å². The molecule has 0 saturated heterocycles. The quantitative estimate of drug-likeness (QED) is 0.316. The van der Waals surface area contributed by atoms with Crippen LogP contribution in [-0.2, 0) is 0 Å². The highest BCUT2D eigenvalue weighted by atomic mass is 16.6. The van der Waals surface area contributed by atoms with Crippen molar-refractivity contribution in [2.24, 2.45) is 0 Å². The van der Waals surface area contributed by atoms with Gasteiger partial charge >= 0.3 is 0 Å². The number of hydrogen-bond donors (Lipinski definition) is 2. The number of nitrogens with one attached hydrogen (secondary N) is 2. The first-order valence-corrected chi connectivity index (χ1v) is 10.1. The smallest absolute Gasteiger partial charge is 0.269 e. The average Bonchev–Trinajstić information content (AvgIpc) is 3.18. The van der Waals surface area contributed by atoms with Gasteiger partial charge in [-0.25, -0.2) is 0 Å². The van der Waals surface area contributed by atoms with Crippen LogP contribution in [0.5, 0.6) is 0 Å². The zero-order chi connectivity index (χ0) is 20.2. The third kappa shape index (κ3) is 2.42. The summed E-state index contributed by atoms with van der Waals surface area (Å²) >= 11 is 0. The van der Waals surface area contributed by atoms with Gasteiger partial charge in [0.15, 0.2) is 0 Å². The third-order valence-electron chi connectivity index (χ3n) is 6.38. The largest absolute Gasteiger partial charge is 0.377 e. The van der Waals surface area contributed by atoms with Crippen LogP contribution in [-0.4, -0.2) is 4.92 Å². The van der Waals surface area contributed by atoms with E-state index in [1.54, 1.807) is 18.2 Å². The molecule has 5 nitrogen and oxygen atoms in total. The van der Waals surface area contributed by atoms with E-state index in [0.717, 1.165) is 16.9 Å². The Hall–Kier alpha value is -3.86. The minimum Gasteiger partial charge on any atom is -0.377 e. The molecule has 0 spiro atoms. The van der Waals surface area contributed by atoms with Gasteiger partial charge in [0.25, 0.3) is 5.69 Å². The van der Waals surface area contributed by atoms with Crippen molar-refractivity contribution in [2.45, 2.75) is 18.0 Å². The topological polar surface area (TPSA) is 67.2 Å². The summed E-state index contributed by atoms with van der Waals surface area (Å²) in [4.78, 5) is 11.1. The number of non-ortho nitro benzene ring substituents is 1. The molecule has 4 aromatic carbocycles. The van der Waals surface area contributed by atoms with Crippen LogP contribution in [0.3, 0.4) is 0 Å². The summed E-state index contributed by atoms with van der Waals surface area (Å²) in [6.45, 7) is 0. The number of fused-ring (bicyclic) bond motifs is 7. The molecular weight excluding hydrogens is 374 g/mol. The lowest BCUT2D eigenvalue weighted by Crippen LogP contribution is -2.30. The zero-order valence-corrected chi connectivity index (χ0v) is 16.1. The second-order valence-electron chi connectivity index (χ2n) is 7.96. The van der Waals surface area contributed by atoms with Crippen molar-refractivity contribution in [3.05, 3.63) is 112 Å². The van der Waals surface area contributed by atoms with Crippen molar-refractivity contribution in [1.82, 2.24) is 0 Å². The molecule has 30 heavy (non-hydrogen) atoms. The van der Waals surface area contributed by atoms with Crippen molar-refractivity contribution in [1.29, 1.82) is 0 Å². The van der Waals surface area contributed by atoms with Gasteiger partial charge in [0.2, 0.25) is 0 Å². The van der Waals surface area contributed by atoms with E-state index < -0.39 is 0 Å². The lowest BCUT2D eigenvalue weighted by molar-refractivity contribution is -0.384. The van der Waals surface area contributed by atoms with Gasteiger partial charge in [0, 0.05) is 35.0 Å². The van der Waals surface area contributed by atoms with E-state index in [1.807, 2.05) is 12.1 Å². The summed E-state index contributed by atoms with van der Waals surface area (Å²) in [5, 5.41) is 21.3. The fraction of sp³-hybridized carbons (Fsp3) is 0.120. The second-order valence-corrected chi connectivity index (χ2v) is 7.96. The Balaban J connectivity index is 1.58. The first kappa shape index (κ1) is 17.0. The first-order chi connectivity index (χ1) is 14.7. The molecule has 3 atom stereocenters. The van der Waals surface area contributed by atoms with Gasteiger partial charge < -0.3 is 10.6 Å². The maximum Gasteiger partial charge on any atom is 0.269 e. The van der Waals surface area contributed by atoms with Crippen molar-refractivity contribution in [3.63, 3.8) is 0 Å². The first-order valence-electron chi connectivity index (χ1n) is 10.1. The van der Waals surface area contributed by atoms with Gasteiger partial charge in [-0.2, -0.15) is 0 Å². The molecule has 0 unspecified atom stereocenters. The molecule has 0 bridgehead atoms. The van der Waals surface area contributed by atoms with Gasteiger partial charge in [-0.15, -0.1) is 0 Å². The maximum atomic E-state index is 11.4. The molecule has 5 heteroatoms. The van der Waals surface area contributed by atoms with Crippen LogP contribution in [0.4, 0.5) is 17.1 Å². The minimum atomic E-state index is -0.327. The number of nitrogens with zero attached hydrogens (tertiary/aromatic N) is 1. The summed E-state index contributed by atoms with van der Waals surface area (Å²) < 4.78 is 0. The fourth-order valence-corrected chi connectivity index (χ4v) is 5.12. The van der Waals surface area contributed by atoms with Crippen LogP contribution in [0.15, 0.2) is 84.9 Å². The molecule has 0 radical (unpaired) electrons. The van der Waals surface area contributed by atoms with Crippen molar-refractivity contribution in [2.75, 3.05) is 10.6 Å². The third-order valence-corrected chi connectivity index (χ3v) is 6.38. The number of benzene rings is 4. The fourth-order valence-electron chi connectivity index (χ4n) is 5.12. The highest BCUT2D eigenvalue weighted by molar-refractivity contribution is 5.92. The Kier molecular flexibility index (Phi) is 3.59. The average molecular weight is 393 g/mol. The lowest BCUT2D eigenvalue weighted by Gasteiger charge is -2.38. The van der Waals surface area contributed by atoms with Crippen LogP contribution >= 0.6 is 0 Å². The molecule has 2 aliphatic rings. The number of rotatable bonds is 2. The molecule has 0 aliphatic carbocycles. The summed E-state index contributed by atoms with van der Waals surface area (Å²) in [6, 6.07) is 28.1. The molecule has 146 valence electrons. The van der Waals surface area contributed by atoms with Crippen LogP contribution in [0.25, 0.3) is 10.8 Å². The monoisotopic (exact) mass is 393 g/mol. The predicted octanol–water partition coefficient (Wildman–Crippen LogP) is 6.17. The van der Waals surface area contributed by atoms with Gasteiger partial charge in [-0.1, -0.05) is 60.7 Å². The summed E-state index contributed by atoms with van der Waals surface area (Å²) in [6.07, 6.45) is 0. The Morgan fingerprint density at radius 2 is 1.57 bits per heavy atom. The highest BCUT2D eigenvalue weighted by Crippen LogP contribution is 2.56. The molecular formula is C25H19N3O2. The molecule has 6 rings (SSSR count). The van der Waals surface area contributed by atoms with Gasteiger partial charge in [-0.05, 0) is 34.0 Å². The molecule has 2 heterocycles. The summed E-state index contributed by atoms with van der Waals surface area (Å²) in [5.41, 5.74) is 5.75. The SMILES string of the molecule is O=[N+]([O-])c1cccc([C@H]2Nc3ccc4ccccc4c3[C@@H]3Nc4ccccc4[C@H]23)c1. The van der Waals surface area contributed by atoms with E-state index >= 15 is 0 Å². The van der Waals surface area contributed by atoms with Crippen molar-refractivity contribution < 1.29 is 4.92 Å². The Bertz CT molecular complexity index is 1320. The van der Waals surface area contributed by atoms with E-state index in [2.05, 4.69) is 65.2 Å². The van der Waals surface area contributed by atoms with Crippen LogP contribution in [0.2, 0.25) is 0 Å². The van der Waals surface area contributed by atoms with E-state index in [-0.39, 0.29) is 28.6 Å². The molecule has 2 N–H and O–H groups in total. The Morgan fingerprint density at radius 1 is 0.767 bits per heavy atom. The Morgan fingerprint density at radius 3 is 2.47 bits per heavy atom. The van der Waals surface area contributed by atoms with E-state index in [1.165, 1.54) is 21.9 Å². The maximum absolute atomic E-state index is 11.4. The molecule has 2 aliphatic heterocycles. The highest BCUT2D eigenvalue weighted by Gasteiger charge is 2.44. The predicted molar refractivity (Wildman–Crippen MR) is 119 cm³/mol. The number of hydrogen-bond acceptors (Lipinski definition) is 4. The van der Waals surface area contributed by atoms with Crippen LogP contribution < -0.4 is 10.6 Å². The summed E-state index contributed by atoms with van der Waals surface area (Å²) in [7, 11) is 0. The molecule has 0 saturated carbocycles. The van der Waals surface area contributed by atoms with E-state index in [0.29, 0.717) is 0 Å².